The fraction of sp³-hybridized carbons (Fsp3) is 0.412. The lowest BCUT2D eigenvalue weighted by molar-refractivity contribution is 0.103. The van der Waals surface area contributed by atoms with Gasteiger partial charge in [0.05, 0.1) is 0 Å². The summed E-state index contributed by atoms with van der Waals surface area (Å²) in [4.78, 5) is 26.3. The van der Waals surface area contributed by atoms with E-state index in [1.807, 2.05) is 31.7 Å². The molecule has 0 bridgehead atoms. The molecule has 3 rings (SSSR count). The molecule has 116 valence electrons. The van der Waals surface area contributed by atoms with Gasteiger partial charge in [-0.2, -0.15) is 0 Å². The number of ketones is 1. The molecule has 0 aliphatic carbocycles. The maximum absolute atomic E-state index is 12.8. The van der Waals surface area contributed by atoms with Crippen LogP contribution in [0.4, 0.5) is 0 Å². The molecule has 0 saturated heterocycles. The summed E-state index contributed by atoms with van der Waals surface area (Å²) in [7, 11) is 0. The zero-order valence-electron chi connectivity index (χ0n) is 13.2. The number of hydrogen-bond acceptors (Lipinski definition) is 3. The minimum Gasteiger partial charge on any atom is -0.302 e. The van der Waals surface area contributed by atoms with Crippen LogP contribution >= 0.6 is 11.8 Å². The first-order chi connectivity index (χ1) is 10.5. The predicted octanol–water partition coefficient (Wildman–Crippen LogP) is 3.08. The van der Waals surface area contributed by atoms with E-state index in [2.05, 4.69) is 12.0 Å². The van der Waals surface area contributed by atoms with E-state index >= 15 is 0 Å². The smallest absolute Gasteiger partial charge is 0.277 e. The molecule has 1 aliphatic rings. The van der Waals surface area contributed by atoms with Crippen molar-refractivity contribution >= 4 is 17.5 Å². The summed E-state index contributed by atoms with van der Waals surface area (Å²) in [5, 5.41) is 2.85. The van der Waals surface area contributed by atoms with Gasteiger partial charge in [-0.15, -0.1) is 11.8 Å². The Hall–Kier alpha value is -1.75. The van der Waals surface area contributed by atoms with Gasteiger partial charge < -0.3 is 5.10 Å². The van der Waals surface area contributed by atoms with Gasteiger partial charge in [0, 0.05) is 23.2 Å². The van der Waals surface area contributed by atoms with E-state index in [1.54, 1.807) is 0 Å². The lowest BCUT2D eigenvalue weighted by Gasteiger charge is -2.21. The second kappa shape index (κ2) is 5.80. The molecule has 2 aromatic rings. The number of nitrogens with zero attached hydrogens (tertiary/aromatic N) is 1. The lowest BCUT2D eigenvalue weighted by atomic mass is 9.92. The van der Waals surface area contributed by atoms with Gasteiger partial charge in [-0.25, -0.2) is 0 Å². The van der Waals surface area contributed by atoms with Crippen LogP contribution in [0.3, 0.4) is 0 Å². The number of fused-ring (bicyclic) bond motifs is 1. The van der Waals surface area contributed by atoms with Crippen molar-refractivity contribution in [1.29, 1.82) is 0 Å². The summed E-state index contributed by atoms with van der Waals surface area (Å²) in [5.41, 5.74) is 4.11. The fourth-order valence-corrected chi connectivity index (χ4v) is 4.28. The Morgan fingerprint density at radius 2 is 2.14 bits per heavy atom. The molecule has 1 aliphatic heterocycles. The highest BCUT2D eigenvalue weighted by atomic mass is 32.2. The first-order valence-electron chi connectivity index (χ1n) is 7.63. The van der Waals surface area contributed by atoms with E-state index in [0.29, 0.717) is 12.1 Å². The Morgan fingerprint density at radius 1 is 1.36 bits per heavy atom. The normalized spacial score (nSPS) is 14.0. The summed E-state index contributed by atoms with van der Waals surface area (Å²) in [6.07, 6.45) is 3.68. The van der Waals surface area contributed by atoms with Gasteiger partial charge >= 0.3 is 0 Å². The molecule has 1 aromatic heterocycles. The zero-order valence-corrected chi connectivity index (χ0v) is 14.0. The lowest BCUT2D eigenvalue weighted by Crippen LogP contribution is -2.22. The van der Waals surface area contributed by atoms with Crippen molar-refractivity contribution in [1.82, 2.24) is 9.78 Å². The number of aromatic amines is 1. The number of hydrogen-bond donors (Lipinski definition) is 1. The largest absolute Gasteiger partial charge is 0.302 e. The number of H-pyrrole nitrogens is 1. The van der Waals surface area contributed by atoms with Crippen LogP contribution in [0.15, 0.2) is 22.0 Å². The average Bonchev–Trinajstić information content (AvgIpc) is 2.91. The average molecular weight is 316 g/mol. The maximum atomic E-state index is 12.8. The van der Waals surface area contributed by atoms with Gasteiger partial charge in [0.2, 0.25) is 0 Å². The third kappa shape index (κ3) is 2.33. The molecule has 1 aromatic carbocycles. The van der Waals surface area contributed by atoms with Gasteiger partial charge in [-0.05, 0) is 62.1 Å². The molecule has 0 spiro atoms. The number of carbonyl (C=O) groups excluding carboxylic acids is 1. The minimum atomic E-state index is -0.239. The molecule has 0 radical (unpaired) electrons. The van der Waals surface area contributed by atoms with E-state index in [-0.39, 0.29) is 16.9 Å². The van der Waals surface area contributed by atoms with Crippen LogP contribution in [0.25, 0.3) is 0 Å². The highest BCUT2D eigenvalue weighted by molar-refractivity contribution is 7.99. The van der Waals surface area contributed by atoms with Crippen LogP contribution in [-0.4, -0.2) is 21.3 Å². The second-order valence-electron chi connectivity index (χ2n) is 5.69. The number of aryl methyl sites for hydroxylation is 2. The van der Waals surface area contributed by atoms with E-state index in [1.165, 1.54) is 21.3 Å². The minimum absolute atomic E-state index is 0.174. The number of carbonyl (C=O) groups is 1. The van der Waals surface area contributed by atoms with E-state index in [9.17, 15) is 9.59 Å². The Kier molecular flexibility index (Phi) is 4.00. The van der Waals surface area contributed by atoms with E-state index in [0.717, 1.165) is 29.7 Å². The van der Waals surface area contributed by atoms with Crippen molar-refractivity contribution in [2.24, 2.45) is 0 Å². The highest BCUT2D eigenvalue weighted by Crippen LogP contribution is 2.36. The molecular formula is C17H20N2O2S. The van der Waals surface area contributed by atoms with Crippen molar-refractivity contribution in [2.45, 2.75) is 45.1 Å². The van der Waals surface area contributed by atoms with Gasteiger partial charge in [0.15, 0.2) is 5.78 Å². The number of thioether (sulfide) groups is 1. The number of nitrogens with one attached hydrogen (secondary N) is 1. The van der Waals surface area contributed by atoms with Crippen molar-refractivity contribution in [3.05, 3.63) is 50.4 Å². The van der Waals surface area contributed by atoms with Gasteiger partial charge in [0.1, 0.15) is 5.56 Å². The number of rotatable bonds is 3. The van der Waals surface area contributed by atoms with Crippen molar-refractivity contribution < 1.29 is 4.79 Å². The first-order valence-corrected chi connectivity index (χ1v) is 8.62. The third-order valence-corrected chi connectivity index (χ3v) is 5.66. The second-order valence-corrected chi connectivity index (χ2v) is 6.80. The van der Waals surface area contributed by atoms with Crippen LogP contribution in [0.2, 0.25) is 0 Å². The molecule has 0 amide bonds. The Bertz CT molecular complexity index is 802. The molecule has 22 heavy (non-hydrogen) atoms. The SMILES string of the molecule is CCn1[nH]cc(C(=O)c2cc(C)c3c(c2C)CCCS3)c1=O. The van der Waals surface area contributed by atoms with Crippen LogP contribution in [-0.2, 0) is 13.0 Å². The molecule has 0 unspecified atom stereocenters. The monoisotopic (exact) mass is 316 g/mol. The summed E-state index contributed by atoms with van der Waals surface area (Å²) < 4.78 is 1.45. The van der Waals surface area contributed by atoms with E-state index < -0.39 is 0 Å². The van der Waals surface area contributed by atoms with Crippen LogP contribution in [0, 0.1) is 13.8 Å². The number of benzene rings is 1. The van der Waals surface area contributed by atoms with Gasteiger partial charge in [-0.3, -0.25) is 14.3 Å². The standard InChI is InChI=1S/C17H20N2O2S/c1-4-19-17(21)14(9-18-19)15(20)13-8-10(2)16-12(11(13)3)6-5-7-22-16/h8-9,18H,4-7H2,1-3H3. The molecular weight excluding hydrogens is 296 g/mol. The summed E-state index contributed by atoms with van der Waals surface area (Å²) in [6, 6.07) is 1.94. The summed E-state index contributed by atoms with van der Waals surface area (Å²) >= 11 is 1.87. The van der Waals surface area contributed by atoms with Crippen LogP contribution < -0.4 is 5.56 Å². The Balaban J connectivity index is 2.12. The third-order valence-electron chi connectivity index (χ3n) is 4.31. The molecule has 1 N–H and O–H groups in total. The van der Waals surface area contributed by atoms with E-state index in [4.69, 9.17) is 0 Å². The molecule has 5 heteroatoms. The van der Waals surface area contributed by atoms with Crippen LogP contribution in [0.1, 0.15) is 46.0 Å². The summed E-state index contributed by atoms with van der Waals surface area (Å²) in [5.74, 6) is 0.965. The first kappa shape index (κ1) is 15.2. The van der Waals surface area contributed by atoms with Crippen molar-refractivity contribution in [3.8, 4) is 0 Å². The molecule has 0 fully saturated rings. The Morgan fingerprint density at radius 3 is 2.82 bits per heavy atom. The fourth-order valence-electron chi connectivity index (χ4n) is 3.07. The maximum Gasteiger partial charge on any atom is 0.277 e. The molecule has 4 nitrogen and oxygen atoms in total. The summed E-state index contributed by atoms with van der Waals surface area (Å²) in [6.45, 7) is 6.46. The highest BCUT2D eigenvalue weighted by Gasteiger charge is 2.23. The molecule has 0 atom stereocenters. The van der Waals surface area contributed by atoms with Crippen molar-refractivity contribution in [2.75, 3.05) is 5.75 Å². The van der Waals surface area contributed by atoms with Gasteiger partial charge in [0.25, 0.3) is 5.56 Å². The topological polar surface area (TPSA) is 54.9 Å². The molecule has 2 heterocycles. The van der Waals surface area contributed by atoms with Crippen molar-refractivity contribution in [3.63, 3.8) is 0 Å². The quantitative estimate of drug-likeness (QED) is 0.885. The predicted molar refractivity (Wildman–Crippen MR) is 89.1 cm³/mol. The van der Waals surface area contributed by atoms with Gasteiger partial charge in [-0.1, -0.05) is 0 Å². The molecule has 0 saturated carbocycles. The number of aromatic nitrogens is 2. The zero-order chi connectivity index (χ0) is 15.9. The Labute approximate surface area is 133 Å². The van der Waals surface area contributed by atoms with Crippen LogP contribution in [0.5, 0.6) is 0 Å².